The van der Waals surface area contributed by atoms with Crippen molar-refractivity contribution in [3.05, 3.63) is 89.1 Å². The summed E-state index contributed by atoms with van der Waals surface area (Å²) < 4.78 is 6.05. The molecule has 4 heterocycles. The van der Waals surface area contributed by atoms with Crippen LogP contribution in [-0.2, 0) is 22.7 Å². The van der Waals surface area contributed by atoms with Crippen LogP contribution in [0.1, 0.15) is 58.6 Å². The molecule has 0 aliphatic carbocycles. The van der Waals surface area contributed by atoms with E-state index in [4.69, 9.17) is 4.74 Å². The number of benzene rings is 2. The summed E-state index contributed by atoms with van der Waals surface area (Å²) in [5.41, 5.74) is 3.95. The van der Waals surface area contributed by atoms with Crippen LogP contribution in [0.25, 0.3) is 0 Å². The lowest BCUT2D eigenvalue weighted by Gasteiger charge is -2.32. The highest BCUT2D eigenvalue weighted by Crippen LogP contribution is 2.34. The van der Waals surface area contributed by atoms with Crippen molar-refractivity contribution >= 4 is 17.7 Å². The monoisotopic (exact) mass is 510 g/mol. The third kappa shape index (κ3) is 4.91. The second-order valence-electron chi connectivity index (χ2n) is 10.2. The zero-order valence-corrected chi connectivity index (χ0v) is 21.1. The Labute approximate surface area is 221 Å². The first kappa shape index (κ1) is 24.3. The molecule has 3 aliphatic rings. The number of para-hydroxylation sites is 1. The maximum absolute atomic E-state index is 13.0. The maximum Gasteiger partial charge on any atom is 0.255 e. The van der Waals surface area contributed by atoms with Gasteiger partial charge in [0.05, 0.1) is 0 Å². The predicted octanol–water partition coefficient (Wildman–Crippen LogP) is 4.01. The molecule has 6 rings (SSSR count). The quantitative estimate of drug-likeness (QED) is 0.504. The molecule has 1 aromatic heterocycles. The van der Waals surface area contributed by atoms with Crippen LogP contribution < -0.4 is 10.1 Å². The molecule has 3 aliphatic heterocycles. The number of carbonyl (C=O) groups excluding carboxylic acids is 3. The number of nitrogens with one attached hydrogen (secondary N) is 1. The lowest BCUT2D eigenvalue weighted by atomic mass is 9.88. The Bertz CT molecular complexity index is 1370. The largest absolute Gasteiger partial charge is 0.439 e. The van der Waals surface area contributed by atoms with E-state index < -0.39 is 6.04 Å². The number of nitrogens with zero attached hydrogens (tertiary/aromatic N) is 3. The van der Waals surface area contributed by atoms with Gasteiger partial charge in [-0.05, 0) is 73.7 Å². The molecule has 2 fully saturated rings. The molecule has 0 saturated carbocycles. The highest BCUT2D eigenvalue weighted by Gasteiger charge is 2.39. The number of amides is 3. The number of hydrogen-bond donors (Lipinski definition) is 1. The fourth-order valence-electron chi connectivity index (χ4n) is 5.75. The van der Waals surface area contributed by atoms with Gasteiger partial charge in [-0.2, -0.15) is 0 Å². The molecule has 0 spiro atoms. The average molecular weight is 511 g/mol. The van der Waals surface area contributed by atoms with Crippen LogP contribution in [0.2, 0.25) is 0 Å². The summed E-state index contributed by atoms with van der Waals surface area (Å²) in [6, 6.07) is 19.3. The number of pyridine rings is 1. The van der Waals surface area contributed by atoms with E-state index in [9.17, 15) is 14.4 Å². The van der Waals surface area contributed by atoms with Crippen molar-refractivity contribution in [3.63, 3.8) is 0 Å². The van der Waals surface area contributed by atoms with Crippen molar-refractivity contribution in [3.8, 4) is 11.6 Å². The molecule has 1 unspecified atom stereocenters. The van der Waals surface area contributed by atoms with E-state index in [-0.39, 0.29) is 24.1 Å². The number of hydrogen-bond acceptors (Lipinski definition) is 6. The Morgan fingerprint density at radius 3 is 2.55 bits per heavy atom. The van der Waals surface area contributed by atoms with Crippen molar-refractivity contribution in [2.24, 2.45) is 0 Å². The van der Waals surface area contributed by atoms with Crippen LogP contribution in [0.3, 0.4) is 0 Å². The molecule has 194 valence electrons. The molecular formula is C30H30N4O4. The fraction of sp³-hybridized carbons (Fsp3) is 0.333. The Kier molecular flexibility index (Phi) is 6.64. The number of carbonyl (C=O) groups is 3. The normalized spacial score (nSPS) is 20.4. The lowest BCUT2D eigenvalue weighted by Crippen LogP contribution is -2.52. The van der Waals surface area contributed by atoms with Gasteiger partial charge >= 0.3 is 0 Å². The van der Waals surface area contributed by atoms with Gasteiger partial charge in [0.2, 0.25) is 17.7 Å². The van der Waals surface area contributed by atoms with E-state index in [1.807, 2.05) is 42.5 Å². The molecule has 0 bridgehead atoms. The fourth-order valence-corrected chi connectivity index (χ4v) is 5.75. The zero-order valence-electron chi connectivity index (χ0n) is 21.1. The first-order valence-electron chi connectivity index (χ1n) is 13.2. The van der Waals surface area contributed by atoms with E-state index in [1.165, 1.54) is 5.56 Å². The second kappa shape index (κ2) is 10.4. The molecule has 1 atom stereocenters. The van der Waals surface area contributed by atoms with Gasteiger partial charge in [-0.25, -0.2) is 4.98 Å². The number of likely N-dealkylation sites (tertiary alicyclic amines) is 1. The SMILES string of the molecule is O=C1CCC(N2Cc3cc(C4CCN(Cc5cccnc5Oc5ccccc5)CC4)ccc3C2=O)C(=O)N1. The van der Waals surface area contributed by atoms with Crippen LogP contribution in [-0.4, -0.2) is 51.6 Å². The standard InChI is InChI=1S/C30H30N4O4/c35-27-11-10-26(28(36)32-27)34-19-23-17-21(8-9-25(23)30(34)37)20-12-15-33(16-13-20)18-22-5-4-14-31-29(22)38-24-6-2-1-3-7-24/h1-9,14,17,20,26H,10-13,15-16,18-19H2,(H,32,35,36). The first-order valence-corrected chi connectivity index (χ1v) is 13.2. The summed E-state index contributed by atoms with van der Waals surface area (Å²) >= 11 is 0. The Balaban J connectivity index is 1.08. The Morgan fingerprint density at radius 1 is 0.947 bits per heavy atom. The highest BCUT2D eigenvalue weighted by molar-refractivity contribution is 6.05. The van der Waals surface area contributed by atoms with E-state index >= 15 is 0 Å². The summed E-state index contributed by atoms with van der Waals surface area (Å²) in [6.07, 6.45) is 4.45. The third-order valence-electron chi connectivity index (χ3n) is 7.81. The van der Waals surface area contributed by atoms with Crippen molar-refractivity contribution in [1.82, 2.24) is 20.1 Å². The van der Waals surface area contributed by atoms with E-state index in [0.717, 1.165) is 49.4 Å². The maximum atomic E-state index is 13.0. The smallest absolute Gasteiger partial charge is 0.255 e. The number of piperidine rings is 2. The minimum Gasteiger partial charge on any atom is -0.439 e. The lowest BCUT2D eigenvalue weighted by molar-refractivity contribution is -0.136. The zero-order chi connectivity index (χ0) is 26.1. The molecule has 3 aromatic rings. The van der Waals surface area contributed by atoms with Crippen molar-refractivity contribution in [2.75, 3.05) is 13.1 Å². The third-order valence-corrected chi connectivity index (χ3v) is 7.81. The molecule has 38 heavy (non-hydrogen) atoms. The number of imide groups is 1. The number of aromatic nitrogens is 1. The van der Waals surface area contributed by atoms with E-state index in [0.29, 0.717) is 30.3 Å². The molecule has 1 N–H and O–H groups in total. The van der Waals surface area contributed by atoms with Gasteiger partial charge in [0, 0.05) is 36.8 Å². The molecular weight excluding hydrogens is 480 g/mol. The first-order chi connectivity index (χ1) is 18.5. The van der Waals surface area contributed by atoms with Crippen LogP contribution in [0, 0.1) is 0 Å². The molecule has 8 heteroatoms. The van der Waals surface area contributed by atoms with Crippen molar-refractivity contribution in [1.29, 1.82) is 0 Å². The topological polar surface area (TPSA) is 91.8 Å². The molecule has 8 nitrogen and oxygen atoms in total. The van der Waals surface area contributed by atoms with Gasteiger partial charge in [0.15, 0.2) is 0 Å². The number of rotatable bonds is 6. The predicted molar refractivity (Wildman–Crippen MR) is 140 cm³/mol. The van der Waals surface area contributed by atoms with Crippen LogP contribution in [0.15, 0.2) is 66.9 Å². The van der Waals surface area contributed by atoms with Crippen molar-refractivity contribution in [2.45, 2.75) is 50.7 Å². The van der Waals surface area contributed by atoms with E-state index in [2.05, 4.69) is 33.4 Å². The highest BCUT2D eigenvalue weighted by atomic mass is 16.5. The van der Waals surface area contributed by atoms with Gasteiger partial charge in [0.1, 0.15) is 11.8 Å². The molecule has 2 saturated heterocycles. The minimum atomic E-state index is -0.581. The van der Waals surface area contributed by atoms with Gasteiger partial charge < -0.3 is 9.64 Å². The minimum absolute atomic E-state index is 0.124. The molecule has 2 aromatic carbocycles. The van der Waals surface area contributed by atoms with Gasteiger partial charge in [-0.1, -0.05) is 36.4 Å². The van der Waals surface area contributed by atoms with E-state index in [1.54, 1.807) is 11.1 Å². The summed E-state index contributed by atoms with van der Waals surface area (Å²) in [4.78, 5) is 45.4. The van der Waals surface area contributed by atoms with Gasteiger partial charge in [-0.15, -0.1) is 0 Å². The molecule has 3 amide bonds. The van der Waals surface area contributed by atoms with Gasteiger partial charge in [-0.3, -0.25) is 24.6 Å². The van der Waals surface area contributed by atoms with Crippen LogP contribution in [0.4, 0.5) is 0 Å². The summed E-state index contributed by atoms with van der Waals surface area (Å²) in [6.45, 7) is 3.12. The van der Waals surface area contributed by atoms with Crippen LogP contribution in [0.5, 0.6) is 11.6 Å². The summed E-state index contributed by atoms with van der Waals surface area (Å²) in [7, 11) is 0. The number of ether oxygens (including phenoxy) is 1. The average Bonchev–Trinajstić information content (AvgIpc) is 3.26. The van der Waals surface area contributed by atoms with Crippen molar-refractivity contribution < 1.29 is 19.1 Å². The molecule has 0 radical (unpaired) electrons. The second-order valence-corrected chi connectivity index (χ2v) is 10.2. The van der Waals surface area contributed by atoms with Crippen LogP contribution >= 0.6 is 0 Å². The Morgan fingerprint density at radius 2 is 1.76 bits per heavy atom. The van der Waals surface area contributed by atoms with Gasteiger partial charge in [0.25, 0.3) is 5.91 Å². The summed E-state index contributed by atoms with van der Waals surface area (Å²) in [5.74, 6) is 1.07. The Hall–Kier alpha value is -4.04. The summed E-state index contributed by atoms with van der Waals surface area (Å²) in [5, 5.41) is 2.37. The number of fused-ring (bicyclic) bond motifs is 1.